The van der Waals surface area contributed by atoms with Crippen molar-refractivity contribution in [2.24, 2.45) is 0 Å². The Morgan fingerprint density at radius 3 is 2.90 bits per heavy atom. The minimum atomic E-state index is -3.47. The van der Waals surface area contributed by atoms with Gasteiger partial charge in [0.25, 0.3) is 0 Å². The number of sulfonamides is 1. The Hall–Kier alpha value is -0.820. The molecular formula is C13H13ClN2O2S2. The first kappa shape index (κ1) is 14.1. The van der Waals surface area contributed by atoms with Crippen LogP contribution < -0.4 is 4.72 Å². The Balaban J connectivity index is 1.94. The van der Waals surface area contributed by atoms with E-state index in [1.165, 1.54) is 0 Å². The highest BCUT2D eigenvalue weighted by Crippen LogP contribution is 2.22. The number of hydrogen-bond donors (Lipinski definition) is 1. The summed E-state index contributed by atoms with van der Waals surface area (Å²) in [5.74, 6) is 1.84. The predicted molar refractivity (Wildman–Crippen MR) is 82.8 cm³/mol. The Kier molecular flexibility index (Phi) is 3.90. The van der Waals surface area contributed by atoms with Crippen LogP contribution in [0.4, 0.5) is 0 Å². The van der Waals surface area contributed by atoms with E-state index in [0.29, 0.717) is 10.7 Å². The number of thioether (sulfide) groups is 1. The van der Waals surface area contributed by atoms with Gasteiger partial charge in [-0.15, -0.1) is 0 Å². The summed E-state index contributed by atoms with van der Waals surface area (Å²) < 4.78 is 27.4. The first-order valence-corrected chi connectivity index (χ1v) is 9.22. The first-order valence-electron chi connectivity index (χ1n) is 6.21. The molecule has 1 aliphatic heterocycles. The van der Waals surface area contributed by atoms with Crippen LogP contribution in [-0.4, -0.2) is 30.9 Å². The van der Waals surface area contributed by atoms with Crippen molar-refractivity contribution < 1.29 is 8.42 Å². The molecule has 1 saturated heterocycles. The fourth-order valence-corrected chi connectivity index (χ4v) is 4.88. The number of rotatable bonds is 3. The van der Waals surface area contributed by atoms with Crippen LogP contribution in [0.25, 0.3) is 10.9 Å². The molecule has 0 radical (unpaired) electrons. The minimum absolute atomic E-state index is 0.0315. The van der Waals surface area contributed by atoms with Gasteiger partial charge in [0.15, 0.2) is 0 Å². The van der Waals surface area contributed by atoms with Crippen molar-refractivity contribution in [3.8, 4) is 0 Å². The molecule has 1 fully saturated rings. The molecule has 0 amide bonds. The Morgan fingerprint density at radius 1 is 1.30 bits per heavy atom. The van der Waals surface area contributed by atoms with Crippen LogP contribution in [0.15, 0.2) is 35.2 Å². The molecule has 3 rings (SSSR count). The Bertz CT molecular complexity index is 743. The van der Waals surface area contributed by atoms with Crippen LogP contribution in [0.3, 0.4) is 0 Å². The van der Waals surface area contributed by atoms with E-state index in [9.17, 15) is 8.42 Å². The van der Waals surface area contributed by atoms with E-state index < -0.39 is 10.0 Å². The molecule has 1 unspecified atom stereocenters. The van der Waals surface area contributed by atoms with Gasteiger partial charge >= 0.3 is 0 Å². The van der Waals surface area contributed by atoms with Gasteiger partial charge in [0.05, 0.1) is 10.4 Å². The average Bonchev–Trinajstić information content (AvgIpc) is 2.90. The van der Waals surface area contributed by atoms with Crippen molar-refractivity contribution in [3.63, 3.8) is 0 Å². The number of fused-ring (bicyclic) bond motifs is 1. The quantitative estimate of drug-likeness (QED) is 0.880. The summed E-state index contributed by atoms with van der Waals surface area (Å²) in [4.78, 5) is 4.42. The number of benzene rings is 1. The van der Waals surface area contributed by atoms with Gasteiger partial charge in [0.1, 0.15) is 5.15 Å². The van der Waals surface area contributed by atoms with Gasteiger partial charge < -0.3 is 0 Å². The SMILES string of the molecule is O=S(=O)(NC1CCSC1)c1ccc2nc(Cl)ccc2c1. The van der Waals surface area contributed by atoms with Crippen molar-refractivity contribution in [3.05, 3.63) is 35.5 Å². The van der Waals surface area contributed by atoms with E-state index in [4.69, 9.17) is 11.6 Å². The van der Waals surface area contributed by atoms with Crippen LogP contribution >= 0.6 is 23.4 Å². The standard InChI is InChI=1S/C13H13ClN2O2S2/c14-13-4-1-9-7-11(2-3-12(9)15-13)20(17,18)16-10-5-6-19-8-10/h1-4,7,10,16H,5-6,8H2. The summed E-state index contributed by atoms with van der Waals surface area (Å²) in [5, 5.41) is 1.16. The van der Waals surface area contributed by atoms with Crippen molar-refractivity contribution >= 4 is 44.3 Å². The summed E-state index contributed by atoms with van der Waals surface area (Å²) in [5.41, 5.74) is 0.688. The second kappa shape index (κ2) is 5.52. The number of aromatic nitrogens is 1. The number of hydrogen-bond acceptors (Lipinski definition) is 4. The first-order chi connectivity index (χ1) is 9.54. The van der Waals surface area contributed by atoms with E-state index in [1.54, 1.807) is 42.1 Å². The van der Waals surface area contributed by atoms with Crippen LogP contribution in [-0.2, 0) is 10.0 Å². The van der Waals surface area contributed by atoms with Crippen molar-refractivity contribution in [2.45, 2.75) is 17.4 Å². The second-order valence-electron chi connectivity index (χ2n) is 4.67. The molecule has 1 aliphatic rings. The topological polar surface area (TPSA) is 59.1 Å². The molecular weight excluding hydrogens is 316 g/mol. The second-order valence-corrected chi connectivity index (χ2v) is 7.92. The fourth-order valence-electron chi connectivity index (χ4n) is 2.16. The van der Waals surface area contributed by atoms with E-state index >= 15 is 0 Å². The third-order valence-electron chi connectivity index (χ3n) is 3.19. The number of halogens is 1. The lowest BCUT2D eigenvalue weighted by atomic mass is 10.2. The summed E-state index contributed by atoms with van der Waals surface area (Å²) >= 11 is 7.59. The summed E-state index contributed by atoms with van der Waals surface area (Å²) in [7, 11) is -3.47. The molecule has 0 spiro atoms. The van der Waals surface area contributed by atoms with E-state index in [-0.39, 0.29) is 10.9 Å². The minimum Gasteiger partial charge on any atom is -0.236 e. The van der Waals surface area contributed by atoms with E-state index in [2.05, 4.69) is 9.71 Å². The normalized spacial score (nSPS) is 19.6. The monoisotopic (exact) mass is 328 g/mol. The molecule has 0 aliphatic carbocycles. The van der Waals surface area contributed by atoms with Crippen molar-refractivity contribution in [1.29, 1.82) is 0 Å². The van der Waals surface area contributed by atoms with Gasteiger partial charge in [-0.1, -0.05) is 11.6 Å². The number of nitrogens with one attached hydrogen (secondary N) is 1. The van der Waals surface area contributed by atoms with Crippen LogP contribution in [0.2, 0.25) is 5.15 Å². The molecule has 0 saturated carbocycles. The Labute approximate surface area is 127 Å². The maximum atomic E-state index is 12.3. The van der Waals surface area contributed by atoms with Gasteiger partial charge in [-0.3, -0.25) is 0 Å². The third kappa shape index (κ3) is 2.93. The van der Waals surface area contributed by atoms with Crippen molar-refractivity contribution in [2.75, 3.05) is 11.5 Å². The van der Waals surface area contributed by atoms with Gasteiger partial charge in [-0.2, -0.15) is 11.8 Å². The predicted octanol–water partition coefficient (Wildman–Crippen LogP) is 2.67. The van der Waals surface area contributed by atoms with Gasteiger partial charge in [-0.05, 0) is 42.5 Å². The van der Waals surface area contributed by atoms with Gasteiger partial charge in [0.2, 0.25) is 10.0 Å². The molecule has 1 aromatic carbocycles. The maximum Gasteiger partial charge on any atom is 0.240 e. The summed E-state index contributed by atoms with van der Waals surface area (Å²) in [6, 6.07) is 8.33. The molecule has 0 bridgehead atoms. The lowest BCUT2D eigenvalue weighted by molar-refractivity contribution is 0.563. The molecule has 106 valence electrons. The highest BCUT2D eigenvalue weighted by atomic mass is 35.5. The average molecular weight is 329 g/mol. The molecule has 4 nitrogen and oxygen atoms in total. The lowest BCUT2D eigenvalue weighted by Gasteiger charge is -2.12. The zero-order chi connectivity index (χ0) is 14.2. The molecule has 20 heavy (non-hydrogen) atoms. The molecule has 1 N–H and O–H groups in total. The van der Waals surface area contributed by atoms with Crippen LogP contribution in [0, 0.1) is 0 Å². The summed E-state index contributed by atoms with van der Waals surface area (Å²) in [6.45, 7) is 0. The third-order valence-corrected chi connectivity index (χ3v) is 6.08. The highest BCUT2D eigenvalue weighted by Gasteiger charge is 2.23. The summed E-state index contributed by atoms with van der Waals surface area (Å²) in [6.07, 6.45) is 0.884. The zero-order valence-electron chi connectivity index (χ0n) is 10.5. The van der Waals surface area contributed by atoms with Crippen molar-refractivity contribution in [1.82, 2.24) is 9.71 Å². The highest BCUT2D eigenvalue weighted by molar-refractivity contribution is 7.99. The van der Waals surface area contributed by atoms with E-state index in [0.717, 1.165) is 23.3 Å². The fraction of sp³-hybridized carbons (Fsp3) is 0.308. The lowest BCUT2D eigenvalue weighted by Crippen LogP contribution is -2.34. The van der Waals surface area contributed by atoms with Gasteiger partial charge in [0, 0.05) is 17.2 Å². The largest absolute Gasteiger partial charge is 0.240 e. The Morgan fingerprint density at radius 2 is 2.15 bits per heavy atom. The molecule has 2 heterocycles. The van der Waals surface area contributed by atoms with E-state index in [1.807, 2.05) is 0 Å². The molecule has 1 atom stereocenters. The molecule has 7 heteroatoms. The maximum absolute atomic E-state index is 12.3. The van der Waals surface area contributed by atoms with Crippen LogP contribution in [0.5, 0.6) is 0 Å². The zero-order valence-corrected chi connectivity index (χ0v) is 12.9. The molecule has 1 aromatic heterocycles. The number of pyridine rings is 1. The number of nitrogens with zero attached hydrogens (tertiary/aromatic N) is 1. The smallest absolute Gasteiger partial charge is 0.236 e. The van der Waals surface area contributed by atoms with Gasteiger partial charge in [-0.25, -0.2) is 18.1 Å². The molecule has 2 aromatic rings. The van der Waals surface area contributed by atoms with Crippen LogP contribution in [0.1, 0.15) is 6.42 Å².